The Morgan fingerprint density at radius 1 is 0.458 bits per heavy atom. The fraction of sp³-hybridized carbons (Fsp3) is 0.667. The van der Waals surface area contributed by atoms with Crippen LogP contribution in [0, 0.1) is 16.2 Å². The van der Waals surface area contributed by atoms with E-state index in [0.29, 0.717) is 0 Å². The highest BCUT2D eigenvalue weighted by Gasteiger charge is 2.60. The first-order valence-electron chi connectivity index (χ1n) is 8.16. The van der Waals surface area contributed by atoms with Crippen LogP contribution in [0.15, 0.2) is 0 Å². The summed E-state index contributed by atoms with van der Waals surface area (Å²) in [6.45, 7) is 8.26. The summed E-state index contributed by atoms with van der Waals surface area (Å²) in [7, 11) is 0. The molecule has 0 aromatic heterocycles. The summed E-state index contributed by atoms with van der Waals surface area (Å²) >= 11 is 0. The first kappa shape index (κ1) is 20.1. The highest BCUT2D eigenvalue weighted by Crippen LogP contribution is 2.39. The van der Waals surface area contributed by atoms with Gasteiger partial charge >= 0.3 is 0 Å². The Morgan fingerprint density at radius 3 is 0.667 bits per heavy atom. The molecule has 24 heavy (non-hydrogen) atoms. The van der Waals surface area contributed by atoms with Gasteiger partial charge in [0.1, 0.15) is 0 Å². The quantitative estimate of drug-likeness (QED) is 0.574. The zero-order valence-corrected chi connectivity index (χ0v) is 15.1. The molecule has 0 aromatic rings. The molecule has 0 aliphatic heterocycles. The van der Waals surface area contributed by atoms with Gasteiger partial charge in [-0.05, 0) is 40.0 Å². The normalized spacial score (nSPS) is 35.8. The maximum Gasteiger partial charge on any atom is 0.213 e. The Morgan fingerprint density at radius 2 is 0.583 bits per heavy atom. The standard InChI is InChI=1S/C18H24O6/c1-7-16(4)10(19)12(21)17(5,8-2)14(23)15(24)18(6,9-3)13(22)11(16)20/h7-9H2,1-6H3. The van der Waals surface area contributed by atoms with E-state index in [0.717, 1.165) is 0 Å². The van der Waals surface area contributed by atoms with E-state index in [-0.39, 0.29) is 19.3 Å². The van der Waals surface area contributed by atoms with Crippen LogP contribution in [0.4, 0.5) is 0 Å². The molecule has 0 unspecified atom stereocenters. The molecule has 0 N–H and O–H groups in total. The van der Waals surface area contributed by atoms with Crippen molar-refractivity contribution in [3.8, 4) is 0 Å². The maximum atomic E-state index is 12.7. The van der Waals surface area contributed by atoms with Gasteiger partial charge in [0.2, 0.25) is 34.7 Å². The molecule has 0 radical (unpaired) electrons. The molecule has 0 spiro atoms. The van der Waals surface area contributed by atoms with E-state index in [2.05, 4.69) is 0 Å². The third kappa shape index (κ3) is 2.39. The summed E-state index contributed by atoms with van der Waals surface area (Å²) in [5.74, 6) is -6.45. The number of carbonyl (C=O) groups excluding carboxylic acids is 6. The third-order valence-electron chi connectivity index (χ3n) is 5.75. The molecule has 0 heterocycles. The number of ketones is 6. The molecule has 1 aliphatic carbocycles. The fourth-order valence-electron chi connectivity index (χ4n) is 2.78. The molecule has 0 amide bonds. The van der Waals surface area contributed by atoms with Crippen LogP contribution in [0.2, 0.25) is 0 Å². The lowest BCUT2D eigenvalue weighted by Crippen LogP contribution is -2.49. The van der Waals surface area contributed by atoms with Crippen molar-refractivity contribution >= 4 is 34.7 Å². The van der Waals surface area contributed by atoms with Crippen molar-refractivity contribution < 1.29 is 28.8 Å². The zero-order valence-electron chi connectivity index (χ0n) is 15.1. The van der Waals surface area contributed by atoms with E-state index < -0.39 is 50.9 Å². The minimum atomic E-state index is -1.86. The third-order valence-corrected chi connectivity index (χ3v) is 5.75. The van der Waals surface area contributed by atoms with Gasteiger partial charge in [-0.25, -0.2) is 0 Å². The van der Waals surface area contributed by atoms with E-state index in [9.17, 15) is 28.8 Å². The van der Waals surface area contributed by atoms with Crippen LogP contribution >= 0.6 is 0 Å². The van der Waals surface area contributed by atoms with E-state index in [1.165, 1.54) is 41.5 Å². The Bertz CT molecular complexity index is 522. The van der Waals surface area contributed by atoms with Gasteiger partial charge < -0.3 is 0 Å². The number of hydrogen-bond donors (Lipinski definition) is 0. The zero-order chi connectivity index (χ0) is 19.1. The number of carbonyl (C=O) groups is 6. The van der Waals surface area contributed by atoms with Gasteiger partial charge in [-0.15, -0.1) is 0 Å². The predicted octanol–water partition coefficient (Wildman–Crippen LogP) is 1.66. The Hall–Kier alpha value is -1.98. The summed E-state index contributed by atoms with van der Waals surface area (Å²) in [6, 6.07) is 0. The van der Waals surface area contributed by atoms with Gasteiger partial charge in [-0.2, -0.15) is 0 Å². The molecule has 132 valence electrons. The molecule has 0 aromatic carbocycles. The van der Waals surface area contributed by atoms with Crippen LogP contribution in [0.5, 0.6) is 0 Å². The van der Waals surface area contributed by atoms with Gasteiger partial charge in [0, 0.05) is 0 Å². The van der Waals surface area contributed by atoms with E-state index in [1.807, 2.05) is 0 Å². The summed E-state index contributed by atoms with van der Waals surface area (Å²) in [5, 5.41) is 0. The molecule has 1 rings (SSSR count). The van der Waals surface area contributed by atoms with Crippen molar-refractivity contribution in [2.75, 3.05) is 0 Å². The lowest BCUT2D eigenvalue weighted by atomic mass is 9.69. The molecule has 6 heteroatoms. The van der Waals surface area contributed by atoms with Gasteiger partial charge in [0.15, 0.2) is 0 Å². The average Bonchev–Trinajstić information content (AvgIpc) is 2.61. The Labute approximate surface area is 141 Å². The highest BCUT2D eigenvalue weighted by atomic mass is 16.2. The van der Waals surface area contributed by atoms with Crippen LogP contribution in [-0.4, -0.2) is 34.7 Å². The molecular formula is C18H24O6. The fourth-order valence-corrected chi connectivity index (χ4v) is 2.78. The minimum Gasteiger partial charge on any atom is -0.290 e. The topological polar surface area (TPSA) is 102 Å². The van der Waals surface area contributed by atoms with Crippen LogP contribution in [-0.2, 0) is 28.8 Å². The summed E-state index contributed by atoms with van der Waals surface area (Å²) in [6.07, 6.45) is -0.196. The van der Waals surface area contributed by atoms with Crippen molar-refractivity contribution in [2.24, 2.45) is 16.2 Å². The second-order valence-corrected chi connectivity index (χ2v) is 7.03. The van der Waals surface area contributed by atoms with Crippen LogP contribution in [0.25, 0.3) is 0 Å². The van der Waals surface area contributed by atoms with Gasteiger partial charge in [0.25, 0.3) is 0 Å². The van der Waals surface area contributed by atoms with E-state index in [4.69, 9.17) is 0 Å². The number of hydrogen-bond acceptors (Lipinski definition) is 6. The number of rotatable bonds is 3. The molecule has 0 atom stereocenters. The van der Waals surface area contributed by atoms with Crippen molar-refractivity contribution in [1.82, 2.24) is 0 Å². The van der Waals surface area contributed by atoms with Gasteiger partial charge in [0.05, 0.1) is 16.2 Å². The van der Waals surface area contributed by atoms with Crippen molar-refractivity contribution in [3.63, 3.8) is 0 Å². The first-order chi connectivity index (χ1) is 10.9. The first-order valence-corrected chi connectivity index (χ1v) is 8.16. The molecule has 1 fully saturated rings. The molecule has 6 nitrogen and oxygen atoms in total. The van der Waals surface area contributed by atoms with Crippen molar-refractivity contribution in [2.45, 2.75) is 60.8 Å². The Kier molecular flexibility index (Phi) is 5.14. The smallest absolute Gasteiger partial charge is 0.213 e. The molecule has 1 aliphatic rings. The summed E-state index contributed by atoms with van der Waals surface area (Å²) in [4.78, 5) is 76.2. The largest absolute Gasteiger partial charge is 0.290 e. The second-order valence-electron chi connectivity index (χ2n) is 7.03. The van der Waals surface area contributed by atoms with E-state index in [1.54, 1.807) is 0 Å². The Balaban J connectivity index is 3.86. The van der Waals surface area contributed by atoms with Crippen LogP contribution < -0.4 is 0 Å². The van der Waals surface area contributed by atoms with Crippen LogP contribution in [0.3, 0.4) is 0 Å². The maximum absolute atomic E-state index is 12.7. The highest BCUT2D eigenvalue weighted by molar-refractivity contribution is 6.63. The second kappa shape index (κ2) is 6.15. The molecule has 0 bridgehead atoms. The SMILES string of the molecule is CCC1(C)C(=O)C(=O)C(C)(CC)C(=O)C(=O)C(C)(CC)C(=O)C1=O. The average molecular weight is 336 g/mol. The lowest BCUT2D eigenvalue weighted by Gasteiger charge is -2.27. The van der Waals surface area contributed by atoms with Gasteiger partial charge in [-0.1, -0.05) is 20.8 Å². The van der Waals surface area contributed by atoms with Crippen LogP contribution in [0.1, 0.15) is 60.8 Å². The predicted molar refractivity (Wildman–Crippen MR) is 85.2 cm³/mol. The van der Waals surface area contributed by atoms with Crippen molar-refractivity contribution in [1.29, 1.82) is 0 Å². The summed E-state index contributed by atoms with van der Waals surface area (Å²) in [5.41, 5.74) is -5.57. The summed E-state index contributed by atoms with van der Waals surface area (Å²) < 4.78 is 0. The van der Waals surface area contributed by atoms with Gasteiger partial charge in [-0.3, -0.25) is 28.8 Å². The van der Waals surface area contributed by atoms with E-state index >= 15 is 0 Å². The lowest BCUT2D eigenvalue weighted by molar-refractivity contribution is -0.155. The molecule has 1 saturated carbocycles. The minimum absolute atomic E-state index is 0.0654. The number of Topliss-reactive ketones (excluding diaryl/α,β-unsaturated/α-hetero) is 6. The molecular weight excluding hydrogens is 312 g/mol. The monoisotopic (exact) mass is 336 g/mol. The van der Waals surface area contributed by atoms with Crippen molar-refractivity contribution in [3.05, 3.63) is 0 Å². The molecule has 0 saturated heterocycles.